The molecular weight excluding hydrogens is 342 g/mol. The zero-order valence-electron chi connectivity index (χ0n) is 18.4. The minimum Gasteiger partial charge on any atom is -0.442 e. The molecule has 0 bridgehead atoms. The van der Waals surface area contributed by atoms with Crippen molar-refractivity contribution < 1.29 is 14.3 Å². The van der Waals surface area contributed by atoms with Gasteiger partial charge >= 0.3 is 6.09 Å². The highest BCUT2D eigenvalue weighted by molar-refractivity contribution is 6.00. The number of nitrogens with one attached hydrogen (secondary N) is 1. The van der Waals surface area contributed by atoms with E-state index in [1.54, 1.807) is 25.7 Å². The number of amides is 2. The average molecular weight is 384 g/mol. The lowest BCUT2D eigenvalue weighted by Gasteiger charge is -2.22. The van der Waals surface area contributed by atoms with Crippen LogP contribution in [0.5, 0.6) is 0 Å². The van der Waals surface area contributed by atoms with Crippen LogP contribution in [0.4, 0.5) is 4.79 Å². The van der Waals surface area contributed by atoms with Crippen molar-refractivity contribution in [3.63, 3.8) is 0 Å². The van der Waals surface area contributed by atoms with Crippen molar-refractivity contribution in [2.45, 2.75) is 104 Å². The fourth-order valence-electron chi connectivity index (χ4n) is 2.63. The topological polar surface area (TPSA) is 71.0 Å². The highest BCUT2D eigenvalue weighted by Gasteiger charge is 2.18. The third kappa shape index (κ3) is 15.2. The lowest BCUT2D eigenvalue weighted by Crippen LogP contribution is -2.43. The van der Waals surface area contributed by atoms with Gasteiger partial charge in [0, 0.05) is 20.0 Å². The van der Waals surface area contributed by atoms with E-state index >= 15 is 0 Å². The lowest BCUT2D eigenvalue weighted by molar-refractivity contribution is -0.119. The van der Waals surface area contributed by atoms with Gasteiger partial charge in [-0.2, -0.15) is 0 Å². The van der Waals surface area contributed by atoms with Crippen LogP contribution < -0.4 is 5.32 Å². The molecule has 0 unspecified atom stereocenters. The Bertz CT molecular complexity index is 456. The second-order valence-corrected chi connectivity index (χ2v) is 8.11. The predicted molar refractivity (Wildman–Crippen MR) is 112 cm³/mol. The molecule has 0 aliphatic rings. The van der Waals surface area contributed by atoms with Gasteiger partial charge in [0.25, 0.3) is 0 Å². The number of aliphatic imine (C=N–C) groups is 1. The van der Waals surface area contributed by atoms with Crippen molar-refractivity contribution in [2.75, 3.05) is 13.6 Å². The summed E-state index contributed by atoms with van der Waals surface area (Å²) < 4.78 is 5.23. The second kappa shape index (κ2) is 14.5. The van der Waals surface area contributed by atoms with Gasteiger partial charge in [0.2, 0.25) is 11.9 Å². The molecule has 27 heavy (non-hydrogen) atoms. The summed E-state index contributed by atoms with van der Waals surface area (Å²) in [6.07, 6.45) is 10.2. The molecule has 0 atom stereocenters. The maximum absolute atomic E-state index is 12.2. The SMILES string of the molecule is CCCCCCCCCCC(=O)N/C(=N\C(=O)OC(C)(C)C)N(C)CCC. The Hall–Kier alpha value is -1.59. The zero-order chi connectivity index (χ0) is 20.7. The van der Waals surface area contributed by atoms with E-state index in [0.29, 0.717) is 13.0 Å². The maximum Gasteiger partial charge on any atom is 0.437 e. The fraction of sp³-hybridized carbons (Fsp3) is 0.857. The molecule has 0 rings (SSSR count). The van der Waals surface area contributed by atoms with Crippen LogP contribution in [0.1, 0.15) is 98.8 Å². The molecule has 0 aliphatic heterocycles. The first-order valence-corrected chi connectivity index (χ1v) is 10.5. The van der Waals surface area contributed by atoms with E-state index in [2.05, 4.69) is 17.2 Å². The monoisotopic (exact) mass is 383 g/mol. The summed E-state index contributed by atoms with van der Waals surface area (Å²) in [6, 6.07) is 0. The first kappa shape index (κ1) is 25.4. The van der Waals surface area contributed by atoms with Crippen LogP contribution in [-0.4, -0.2) is 42.1 Å². The van der Waals surface area contributed by atoms with Gasteiger partial charge in [0.15, 0.2) is 0 Å². The van der Waals surface area contributed by atoms with Gasteiger partial charge in [-0.15, -0.1) is 4.99 Å². The number of guanidine groups is 1. The molecule has 158 valence electrons. The molecule has 6 heteroatoms. The summed E-state index contributed by atoms with van der Waals surface area (Å²) in [5.41, 5.74) is -0.615. The first-order valence-electron chi connectivity index (χ1n) is 10.5. The Morgan fingerprint density at radius 1 is 0.926 bits per heavy atom. The Kier molecular flexibility index (Phi) is 13.6. The summed E-state index contributed by atoms with van der Waals surface area (Å²) in [7, 11) is 1.81. The summed E-state index contributed by atoms with van der Waals surface area (Å²) in [6.45, 7) is 10.3. The molecule has 0 aromatic heterocycles. The van der Waals surface area contributed by atoms with Crippen LogP contribution >= 0.6 is 0 Å². The first-order chi connectivity index (χ1) is 12.7. The average Bonchev–Trinajstić information content (AvgIpc) is 2.55. The van der Waals surface area contributed by atoms with E-state index in [1.807, 2.05) is 14.0 Å². The van der Waals surface area contributed by atoms with Crippen LogP contribution in [0.2, 0.25) is 0 Å². The van der Waals surface area contributed by atoms with Gasteiger partial charge in [-0.05, 0) is 33.6 Å². The van der Waals surface area contributed by atoms with Crippen molar-refractivity contribution >= 4 is 18.0 Å². The summed E-state index contributed by atoms with van der Waals surface area (Å²) in [4.78, 5) is 29.9. The summed E-state index contributed by atoms with van der Waals surface area (Å²) in [5.74, 6) is 0.155. The number of ether oxygens (including phenoxy) is 1. The van der Waals surface area contributed by atoms with Crippen LogP contribution in [0.15, 0.2) is 4.99 Å². The molecule has 0 fully saturated rings. The highest BCUT2D eigenvalue weighted by Crippen LogP contribution is 2.10. The molecular formula is C21H41N3O3. The minimum absolute atomic E-state index is 0.105. The fourth-order valence-corrected chi connectivity index (χ4v) is 2.63. The van der Waals surface area contributed by atoms with Gasteiger partial charge in [0.05, 0.1) is 0 Å². The smallest absolute Gasteiger partial charge is 0.437 e. The van der Waals surface area contributed by atoms with Gasteiger partial charge < -0.3 is 9.64 Å². The van der Waals surface area contributed by atoms with E-state index in [4.69, 9.17) is 4.74 Å². The number of hydrogen-bond acceptors (Lipinski definition) is 3. The third-order valence-electron chi connectivity index (χ3n) is 4.02. The van der Waals surface area contributed by atoms with Gasteiger partial charge in [0.1, 0.15) is 5.60 Å². The number of carbonyl (C=O) groups excluding carboxylic acids is 2. The molecule has 0 heterocycles. The Morgan fingerprint density at radius 2 is 1.48 bits per heavy atom. The largest absolute Gasteiger partial charge is 0.442 e. The van der Waals surface area contributed by atoms with Crippen molar-refractivity contribution in [1.82, 2.24) is 10.2 Å². The molecule has 0 saturated carbocycles. The molecule has 0 aromatic rings. The van der Waals surface area contributed by atoms with Gasteiger partial charge in [-0.1, -0.05) is 58.8 Å². The Labute approximate surface area is 166 Å². The van der Waals surface area contributed by atoms with E-state index in [-0.39, 0.29) is 11.9 Å². The van der Waals surface area contributed by atoms with Crippen molar-refractivity contribution in [3.05, 3.63) is 0 Å². The predicted octanol–water partition coefficient (Wildman–Crippen LogP) is 5.27. The van der Waals surface area contributed by atoms with Gasteiger partial charge in [-0.3, -0.25) is 10.1 Å². The number of hydrogen-bond donors (Lipinski definition) is 1. The van der Waals surface area contributed by atoms with Crippen molar-refractivity contribution in [2.24, 2.45) is 4.99 Å². The molecule has 2 amide bonds. The number of carbonyl (C=O) groups is 2. The summed E-state index contributed by atoms with van der Waals surface area (Å²) >= 11 is 0. The van der Waals surface area contributed by atoms with Crippen LogP contribution in [0.3, 0.4) is 0 Å². The van der Waals surface area contributed by atoms with Crippen LogP contribution in [-0.2, 0) is 9.53 Å². The van der Waals surface area contributed by atoms with Crippen molar-refractivity contribution in [3.8, 4) is 0 Å². The molecule has 0 spiro atoms. The molecule has 0 aliphatic carbocycles. The lowest BCUT2D eigenvalue weighted by atomic mass is 10.1. The van der Waals surface area contributed by atoms with Crippen molar-refractivity contribution in [1.29, 1.82) is 0 Å². The van der Waals surface area contributed by atoms with E-state index < -0.39 is 11.7 Å². The Balaban J connectivity index is 4.40. The quantitative estimate of drug-likeness (QED) is 0.300. The van der Waals surface area contributed by atoms with Crippen LogP contribution in [0.25, 0.3) is 0 Å². The number of unbranched alkanes of at least 4 members (excludes halogenated alkanes) is 7. The van der Waals surface area contributed by atoms with E-state index in [0.717, 1.165) is 19.3 Å². The number of nitrogens with zero attached hydrogens (tertiary/aromatic N) is 2. The molecule has 0 saturated heterocycles. The summed E-state index contributed by atoms with van der Waals surface area (Å²) in [5, 5.41) is 2.77. The Morgan fingerprint density at radius 3 is 2.00 bits per heavy atom. The third-order valence-corrected chi connectivity index (χ3v) is 4.02. The molecule has 6 nitrogen and oxygen atoms in total. The molecule has 1 N–H and O–H groups in total. The molecule has 0 radical (unpaired) electrons. The standard InChI is InChI=1S/C21H41N3O3/c1-7-9-10-11-12-13-14-15-16-18(25)22-19(24(6)17-8-2)23-20(26)27-21(3,4)5/h7-17H2,1-6H3,(H,22,23,25,26). The highest BCUT2D eigenvalue weighted by atomic mass is 16.6. The van der Waals surface area contributed by atoms with E-state index in [9.17, 15) is 9.59 Å². The van der Waals surface area contributed by atoms with Gasteiger partial charge in [-0.25, -0.2) is 4.79 Å². The second-order valence-electron chi connectivity index (χ2n) is 8.11. The minimum atomic E-state index is -0.687. The normalized spacial score (nSPS) is 12.0. The van der Waals surface area contributed by atoms with Crippen LogP contribution in [0, 0.1) is 0 Å². The zero-order valence-corrected chi connectivity index (χ0v) is 18.4. The molecule has 0 aromatic carbocycles. The number of rotatable bonds is 11. The van der Waals surface area contributed by atoms with E-state index in [1.165, 1.54) is 38.5 Å². The maximum atomic E-state index is 12.2.